The van der Waals surface area contributed by atoms with Crippen LogP contribution in [0.3, 0.4) is 0 Å². The van der Waals surface area contributed by atoms with Crippen molar-refractivity contribution in [2.75, 3.05) is 0 Å². The molecule has 19 aromatic carbocycles. The first-order chi connectivity index (χ1) is 63.9. The number of aromatic nitrogens is 10. The fourth-order valence-electron chi connectivity index (χ4n) is 17.2. The van der Waals surface area contributed by atoms with Crippen LogP contribution in [0, 0.1) is 0 Å². The van der Waals surface area contributed by atoms with E-state index < -0.39 is 0 Å². The Kier molecular flexibility index (Phi) is 19.9. The molecule has 0 unspecified atom stereocenters. The second-order valence-corrected chi connectivity index (χ2v) is 32.7. The van der Waals surface area contributed by atoms with Crippen LogP contribution < -0.4 is 0 Å². The number of nitrogens with zero attached hydrogens (tertiary/aromatic N) is 10. The summed E-state index contributed by atoms with van der Waals surface area (Å²) in [5, 5.41) is 14.3. The summed E-state index contributed by atoms with van der Waals surface area (Å²) < 4.78 is 14.0. The summed E-state index contributed by atoms with van der Waals surface area (Å²) in [5.41, 5.74) is 22.2. The molecule has 0 saturated carbocycles. The van der Waals surface area contributed by atoms with Gasteiger partial charge < -0.3 is 8.83 Å². The molecule has 12 nitrogen and oxygen atoms in total. The van der Waals surface area contributed by atoms with E-state index >= 15 is 0 Å². The van der Waals surface area contributed by atoms with Crippen LogP contribution in [0.5, 0.6) is 0 Å². The minimum absolute atomic E-state index is 0.622. The van der Waals surface area contributed by atoms with Crippen LogP contribution in [-0.4, -0.2) is 49.8 Å². The van der Waals surface area contributed by atoms with E-state index in [1.165, 1.54) is 10.3 Å². The van der Waals surface area contributed by atoms with E-state index in [4.69, 9.17) is 58.7 Å². The van der Waals surface area contributed by atoms with Crippen LogP contribution >= 0.6 is 11.3 Å². The maximum atomic E-state index is 6.43. The molecule has 0 radical (unpaired) electrons. The SMILES string of the molecule is c1ccc(-c2cc(-c3ccccc3)nc(-c3ccc4c(ccc5ccc6nc(-c7ccccc7)oc6c54)c3)n2)cc1.c1ccc(-c2cccc(-c3cc(-c4ccccc4)nc(-c4ccc5c(ccc6ccc7nc(-c8ccccc8)oc7c65)c4)n3)c2)cc1.c1ccc(-c2nc(-c3ccccc3)nc(-c3cccc4c3ccc3ccc5sc(-c6ccccc6)nc5c34)n2)cc1. The van der Waals surface area contributed by atoms with E-state index in [0.29, 0.717) is 40.9 Å². The lowest BCUT2D eigenvalue weighted by atomic mass is 9.97. The van der Waals surface area contributed by atoms with Gasteiger partial charge in [-0.3, -0.25) is 0 Å². The molecule has 0 saturated heterocycles. The summed E-state index contributed by atoms with van der Waals surface area (Å²) in [4.78, 5) is 49.9. The standard InChI is InChI=1S/C43H27N3O.C37H23N3O.C36H22N4S/c1-4-11-28(12-5-1)32-17-10-18-34(25-32)39-27-38(29-13-6-2-7-14-29)44-42(45-39)35-21-23-36-33(26-35)20-19-30-22-24-37-41(40(30)36)47-43(46-37)31-15-8-3-9-16-31;1-4-10-24(11-5-1)32-23-33(25-12-6-2-7-13-25)39-36(38-32)29-18-20-30-28(22-29)17-16-26-19-21-31-35(34(26)30)41-37(40-31)27-14-8-3-9-15-27;1-4-11-24(12-5-1)33-38-34(25-13-6-2-7-14-25)40-35(39-33)29-18-10-17-28-27(29)21-19-23-20-22-30-32(31(23)28)37-36(41-30)26-15-8-3-9-16-26/h1-27H;1-23H;1-22H. The fourth-order valence-corrected chi connectivity index (χ4v) is 18.2. The van der Waals surface area contributed by atoms with E-state index in [2.05, 4.69) is 237 Å². The quantitative estimate of drug-likeness (QED) is 0.101. The van der Waals surface area contributed by atoms with Crippen molar-refractivity contribution < 1.29 is 8.83 Å². The van der Waals surface area contributed by atoms with E-state index in [1.807, 2.05) is 200 Å². The fraction of sp³-hybridized carbons (Fsp3) is 0. The first kappa shape index (κ1) is 76.6. The Morgan fingerprint density at radius 1 is 0.186 bits per heavy atom. The molecule has 0 aliphatic rings. The normalized spacial score (nSPS) is 11.4. The van der Waals surface area contributed by atoms with Crippen LogP contribution in [0.2, 0.25) is 0 Å². The average molecular weight is 1670 g/mol. The zero-order valence-electron chi connectivity index (χ0n) is 69.3. The molecule has 0 spiro atoms. The number of oxazole rings is 2. The van der Waals surface area contributed by atoms with Crippen LogP contribution in [0.15, 0.2) is 446 Å². The predicted molar refractivity (Wildman–Crippen MR) is 528 cm³/mol. The summed E-state index contributed by atoms with van der Waals surface area (Å²) >= 11 is 1.73. The minimum Gasteiger partial charge on any atom is -0.435 e. The van der Waals surface area contributed by atoms with E-state index in [0.717, 1.165) is 192 Å². The molecular weight excluding hydrogens is 1600 g/mol. The number of benzene rings is 19. The minimum atomic E-state index is 0.622. The summed E-state index contributed by atoms with van der Waals surface area (Å²) in [6.07, 6.45) is 0. The molecule has 13 heteroatoms. The lowest BCUT2D eigenvalue weighted by Gasteiger charge is -2.11. The molecule has 6 aromatic heterocycles. The average Bonchev–Trinajstić information content (AvgIpc) is 1.71. The van der Waals surface area contributed by atoms with Gasteiger partial charge in [-0.15, -0.1) is 11.3 Å². The zero-order valence-corrected chi connectivity index (χ0v) is 70.1. The maximum Gasteiger partial charge on any atom is 0.227 e. The molecule has 0 aliphatic carbocycles. The van der Waals surface area contributed by atoms with Crippen LogP contribution in [0.25, 0.3) is 244 Å². The second-order valence-electron chi connectivity index (χ2n) is 31.7. The molecule has 0 bridgehead atoms. The summed E-state index contributed by atoms with van der Waals surface area (Å²) in [5.74, 6) is 4.58. The first-order valence-electron chi connectivity index (χ1n) is 42.8. The largest absolute Gasteiger partial charge is 0.435 e. The molecule has 25 rings (SSSR count). The van der Waals surface area contributed by atoms with Crippen LogP contribution in [0.4, 0.5) is 0 Å². The van der Waals surface area contributed by atoms with E-state index in [1.54, 1.807) is 11.3 Å². The van der Waals surface area contributed by atoms with Crippen molar-refractivity contribution in [1.82, 2.24) is 49.8 Å². The van der Waals surface area contributed by atoms with E-state index in [9.17, 15) is 0 Å². The highest BCUT2D eigenvalue weighted by Gasteiger charge is 2.23. The molecule has 0 aliphatic heterocycles. The summed E-state index contributed by atoms with van der Waals surface area (Å²) in [6, 6.07) is 149. The Balaban J connectivity index is 0.000000111. The molecule has 25 aromatic rings. The van der Waals surface area contributed by atoms with Crippen molar-refractivity contribution in [3.63, 3.8) is 0 Å². The summed E-state index contributed by atoms with van der Waals surface area (Å²) in [6.45, 7) is 0. The molecule has 0 fully saturated rings. The van der Waals surface area contributed by atoms with Gasteiger partial charge in [0.25, 0.3) is 0 Å². The highest BCUT2D eigenvalue weighted by Crippen LogP contribution is 2.44. The van der Waals surface area contributed by atoms with Crippen LogP contribution in [0.1, 0.15) is 0 Å². The number of thiazole rings is 1. The molecule has 0 atom stereocenters. The van der Waals surface area contributed by atoms with Crippen molar-refractivity contribution in [2.24, 2.45) is 0 Å². The third-order valence-electron chi connectivity index (χ3n) is 23.5. The number of fused-ring (bicyclic) bond motifs is 15. The summed E-state index contributed by atoms with van der Waals surface area (Å²) in [7, 11) is 0. The van der Waals surface area contributed by atoms with Gasteiger partial charge in [0.15, 0.2) is 40.3 Å². The monoisotopic (exact) mass is 1670 g/mol. The zero-order chi connectivity index (χ0) is 85.5. The molecule has 6 heterocycles. The Morgan fingerprint density at radius 3 is 1.01 bits per heavy atom. The van der Waals surface area contributed by atoms with Gasteiger partial charge in [0.2, 0.25) is 11.8 Å². The Labute approximate surface area is 745 Å². The first-order valence-corrected chi connectivity index (χ1v) is 43.6. The lowest BCUT2D eigenvalue weighted by molar-refractivity contribution is 0.623. The second kappa shape index (κ2) is 33.4. The number of hydrogen-bond donors (Lipinski definition) is 0. The van der Waals surface area contributed by atoms with Gasteiger partial charge in [-0.05, 0) is 132 Å². The Morgan fingerprint density at radius 2 is 0.535 bits per heavy atom. The molecule has 0 amide bonds. The predicted octanol–water partition coefficient (Wildman–Crippen LogP) is 30.3. The van der Waals surface area contributed by atoms with Crippen molar-refractivity contribution in [3.05, 3.63) is 437 Å². The van der Waals surface area contributed by atoms with E-state index in [-0.39, 0.29) is 0 Å². The number of hydrogen-bond acceptors (Lipinski definition) is 13. The van der Waals surface area contributed by atoms with Gasteiger partial charge in [-0.25, -0.2) is 49.8 Å². The Hall–Kier alpha value is -17.3. The third-order valence-corrected chi connectivity index (χ3v) is 24.6. The topological polar surface area (TPSA) is 155 Å². The number of rotatable bonds is 13. The molecule has 604 valence electrons. The van der Waals surface area contributed by atoms with Gasteiger partial charge in [-0.1, -0.05) is 364 Å². The van der Waals surface area contributed by atoms with Gasteiger partial charge in [0, 0.05) is 82.9 Å². The smallest absolute Gasteiger partial charge is 0.227 e. The van der Waals surface area contributed by atoms with Crippen molar-refractivity contribution in [3.8, 4) is 147 Å². The van der Waals surface area contributed by atoms with Gasteiger partial charge in [0.05, 0.1) is 33.0 Å². The van der Waals surface area contributed by atoms with Crippen molar-refractivity contribution in [1.29, 1.82) is 0 Å². The Bertz CT molecular complexity index is 8410. The highest BCUT2D eigenvalue weighted by molar-refractivity contribution is 7.21. The van der Waals surface area contributed by atoms with Gasteiger partial charge in [0.1, 0.15) is 16.0 Å². The van der Waals surface area contributed by atoms with Gasteiger partial charge >= 0.3 is 0 Å². The molecule has 129 heavy (non-hydrogen) atoms. The maximum absolute atomic E-state index is 6.43. The highest BCUT2D eigenvalue weighted by atomic mass is 32.1. The third kappa shape index (κ3) is 15.1. The van der Waals surface area contributed by atoms with Crippen molar-refractivity contribution in [2.45, 2.75) is 0 Å². The molecule has 0 N–H and O–H groups in total. The lowest BCUT2D eigenvalue weighted by Crippen LogP contribution is -2.00. The van der Waals surface area contributed by atoms with Crippen molar-refractivity contribution >= 4 is 108 Å². The molecular formula is C116H72N10O2S. The van der Waals surface area contributed by atoms with Crippen LogP contribution in [-0.2, 0) is 0 Å². The van der Waals surface area contributed by atoms with Gasteiger partial charge in [-0.2, -0.15) is 0 Å².